The van der Waals surface area contributed by atoms with Crippen molar-refractivity contribution in [3.05, 3.63) is 60.8 Å². The molecule has 468 valence electrons. The molecule has 0 radical (unpaired) electrons. The first-order valence-corrected chi connectivity index (χ1v) is 35.5. The molecular formula is C70H130NO8P. The van der Waals surface area contributed by atoms with Gasteiger partial charge in [-0.1, -0.05) is 312 Å². The summed E-state index contributed by atoms with van der Waals surface area (Å²) < 4.78 is 34.3. The fourth-order valence-electron chi connectivity index (χ4n) is 9.86. The minimum atomic E-state index is -4.64. The Morgan fingerprint density at radius 3 is 1.06 bits per heavy atom. The Morgan fingerprint density at radius 1 is 0.400 bits per heavy atom. The van der Waals surface area contributed by atoms with E-state index in [0.717, 1.165) is 64.2 Å². The Bertz CT molecular complexity index is 1530. The first kappa shape index (κ1) is 77.7. The Morgan fingerprint density at radius 2 is 0.713 bits per heavy atom. The van der Waals surface area contributed by atoms with Crippen LogP contribution in [0.2, 0.25) is 0 Å². The number of hydrogen-bond acceptors (Lipinski definition) is 8. The van der Waals surface area contributed by atoms with Crippen LogP contribution in [0.25, 0.3) is 0 Å². The van der Waals surface area contributed by atoms with Crippen LogP contribution in [-0.2, 0) is 32.7 Å². The molecule has 0 fully saturated rings. The maximum absolute atomic E-state index is 12.8. The Hall–Kier alpha value is -2.29. The maximum Gasteiger partial charge on any atom is 0.306 e. The van der Waals surface area contributed by atoms with Crippen LogP contribution in [0, 0.1) is 0 Å². The molecule has 0 heterocycles. The van der Waals surface area contributed by atoms with Crippen molar-refractivity contribution in [2.75, 3.05) is 47.5 Å². The average Bonchev–Trinajstić information content (AvgIpc) is 3.42. The quantitative estimate of drug-likeness (QED) is 0.0195. The van der Waals surface area contributed by atoms with Crippen molar-refractivity contribution in [1.29, 1.82) is 0 Å². The standard InChI is InChI=1S/C70H130NO8P/c1-6-8-10-12-14-16-18-20-22-24-26-27-28-29-30-31-32-33-34-35-36-37-38-39-40-41-42-43-45-47-49-51-53-55-57-59-61-63-70(73)79-68(67-78-80(74,75)77-65-64-71(3,4)5)66-76-69(72)62-60-58-56-54-52-50-48-46-44-25-23-21-19-17-15-13-11-9-7-2/h8,10,14,16,20,22,26-27,29-30,68H,6-7,9,11-13,15,17-19,21,23-25,28,31-67H2,1-5H3/b10-8-,16-14-,22-20-,27-26-,30-29-. The van der Waals surface area contributed by atoms with Crippen molar-refractivity contribution >= 4 is 19.8 Å². The average molecular weight is 1140 g/mol. The minimum Gasteiger partial charge on any atom is -0.756 e. The molecule has 0 rings (SSSR count). The van der Waals surface area contributed by atoms with Crippen LogP contribution in [0.4, 0.5) is 0 Å². The second-order valence-corrected chi connectivity index (χ2v) is 25.6. The summed E-state index contributed by atoms with van der Waals surface area (Å²) in [4.78, 5) is 38.0. The zero-order valence-corrected chi connectivity index (χ0v) is 54.2. The van der Waals surface area contributed by atoms with Gasteiger partial charge in [-0.3, -0.25) is 14.2 Å². The van der Waals surface area contributed by atoms with Crippen molar-refractivity contribution in [3.8, 4) is 0 Å². The minimum absolute atomic E-state index is 0.0284. The van der Waals surface area contributed by atoms with E-state index in [0.29, 0.717) is 17.4 Å². The predicted molar refractivity (Wildman–Crippen MR) is 342 cm³/mol. The number of ether oxygens (including phenoxy) is 2. The van der Waals surface area contributed by atoms with Crippen LogP contribution in [0.1, 0.15) is 322 Å². The topological polar surface area (TPSA) is 111 Å². The van der Waals surface area contributed by atoms with Crippen molar-refractivity contribution < 1.29 is 42.1 Å². The highest BCUT2D eigenvalue weighted by Gasteiger charge is 2.22. The number of quaternary nitrogens is 1. The van der Waals surface area contributed by atoms with Gasteiger partial charge in [0.05, 0.1) is 27.7 Å². The monoisotopic (exact) mass is 1140 g/mol. The molecule has 0 spiro atoms. The summed E-state index contributed by atoms with van der Waals surface area (Å²) in [5.74, 6) is -0.814. The van der Waals surface area contributed by atoms with E-state index in [9.17, 15) is 19.0 Å². The number of carbonyl (C=O) groups is 2. The number of likely N-dealkylation sites (N-methyl/N-ethyl adjacent to an activating group) is 1. The van der Waals surface area contributed by atoms with Gasteiger partial charge in [-0.15, -0.1) is 0 Å². The molecule has 0 saturated carbocycles. The number of rotatable bonds is 63. The highest BCUT2D eigenvalue weighted by atomic mass is 31.2. The lowest BCUT2D eigenvalue weighted by atomic mass is 10.0. The lowest BCUT2D eigenvalue weighted by molar-refractivity contribution is -0.870. The normalized spacial score (nSPS) is 13.5. The second-order valence-electron chi connectivity index (χ2n) is 24.2. The summed E-state index contributed by atoms with van der Waals surface area (Å²) in [6, 6.07) is 0. The molecule has 2 unspecified atom stereocenters. The van der Waals surface area contributed by atoms with E-state index in [4.69, 9.17) is 18.5 Å². The zero-order chi connectivity index (χ0) is 58.4. The van der Waals surface area contributed by atoms with Gasteiger partial charge < -0.3 is 27.9 Å². The number of phosphoric ester groups is 1. The molecule has 0 aliphatic rings. The fraction of sp³-hybridized carbons (Fsp3) is 0.829. The molecule has 10 heteroatoms. The Labute approximate surface area is 496 Å². The SMILES string of the molecule is CC/C=C\C/C=C\C/C=C\C/C=C\C/C=C\CCCCCCCCCCCCCCCCCCCCCCCC(=O)OC(COC(=O)CCCCCCCCCCCCCCCCCCCCC)COP(=O)([O-])OCC[N+](C)(C)C. The van der Waals surface area contributed by atoms with Gasteiger partial charge in [-0.05, 0) is 57.8 Å². The molecule has 2 atom stereocenters. The van der Waals surface area contributed by atoms with E-state index in [1.807, 2.05) is 21.1 Å². The van der Waals surface area contributed by atoms with Crippen molar-refractivity contribution in [2.45, 2.75) is 328 Å². The van der Waals surface area contributed by atoms with Gasteiger partial charge >= 0.3 is 11.9 Å². The Kier molecular flexibility index (Phi) is 59.5. The summed E-state index contributed by atoms with van der Waals surface area (Å²) >= 11 is 0. The number of phosphoric acid groups is 1. The van der Waals surface area contributed by atoms with Crippen LogP contribution in [0.3, 0.4) is 0 Å². The third kappa shape index (κ3) is 64.9. The number of unbranched alkanes of at least 4 members (excludes halogenated alkanes) is 39. The number of carbonyl (C=O) groups excluding carboxylic acids is 2. The van der Waals surface area contributed by atoms with Crippen molar-refractivity contribution in [3.63, 3.8) is 0 Å². The zero-order valence-electron chi connectivity index (χ0n) is 53.3. The molecule has 80 heavy (non-hydrogen) atoms. The first-order valence-electron chi connectivity index (χ1n) is 34.0. The van der Waals surface area contributed by atoms with E-state index in [1.165, 1.54) is 225 Å². The smallest absolute Gasteiger partial charge is 0.306 e. The number of hydrogen-bond donors (Lipinski definition) is 0. The summed E-state index contributed by atoms with van der Waals surface area (Å²) in [5, 5.41) is 0. The van der Waals surface area contributed by atoms with Gasteiger partial charge in [0.25, 0.3) is 7.82 Å². The van der Waals surface area contributed by atoms with E-state index >= 15 is 0 Å². The maximum atomic E-state index is 12.8. The van der Waals surface area contributed by atoms with E-state index in [2.05, 4.69) is 74.6 Å². The predicted octanol–water partition coefficient (Wildman–Crippen LogP) is 21.2. The van der Waals surface area contributed by atoms with Gasteiger partial charge in [-0.25, -0.2) is 0 Å². The molecule has 0 N–H and O–H groups in total. The molecule has 9 nitrogen and oxygen atoms in total. The largest absolute Gasteiger partial charge is 0.756 e. The van der Waals surface area contributed by atoms with Gasteiger partial charge in [-0.2, -0.15) is 0 Å². The first-order chi connectivity index (χ1) is 39.0. The third-order valence-electron chi connectivity index (χ3n) is 15.1. The van der Waals surface area contributed by atoms with E-state index in [-0.39, 0.29) is 32.0 Å². The number of esters is 2. The van der Waals surface area contributed by atoms with Crippen molar-refractivity contribution in [1.82, 2.24) is 0 Å². The van der Waals surface area contributed by atoms with Crippen LogP contribution < -0.4 is 4.89 Å². The molecule has 0 amide bonds. The molecule has 0 aromatic heterocycles. The van der Waals surface area contributed by atoms with Gasteiger partial charge in [0.15, 0.2) is 6.10 Å². The van der Waals surface area contributed by atoms with Crippen LogP contribution in [-0.4, -0.2) is 70.0 Å². The lowest BCUT2D eigenvalue weighted by Crippen LogP contribution is -2.37. The third-order valence-corrected chi connectivity index (χ3v) is 16.0. The molecule has 0 aliphatic carbocycles. The molecular weight excluding hydrogens is 1010 g/mol. The lowest BCUT2D eigenvalue weighted by Gasteiger charge is -2.28. The summed E-state index contributed by atoms with van der Waals surface area (Å²) in [6.45, 7) is 4.18. The van der Waals surface area contributed by atoms with E-state index < -0.39 is 26.5 Å². The van der Waals surface area contributed by atoms with Crippen LogP contribution in [0.5, 0.6) is 0 Å². The van der Waals surface area contributed by atoms with E-state index in [1.54, 1.807) is 0 Å². The molecule has 0 aliphatic heterocycles. The molecule has 0 aromatic carbocycles. The number of allylic oxidation sites excluding steroid dienone is 10. The van der Waals surface area contributed by atoms with Gasteiger partial charge in [0.1, 0.15) is 19.8 Å². The molecule has 0 aromatic rings. The van der Waals surface area contributed by atoms with Gasteiger partial charge in [0.2, 0.25) is 0 Å². The summed E-state index contributed by atoms with van der Waals surface area (Å²) in [7, 11) is 1.18. The van der Waals surface area contributed by atoms with Gasteiger partial charge in [0, 0.05) is 12.8 Å². The van der Waals surface area contributed by atoms with Crippen LogP contribution >= 0.6 is 7.82 Å². The van der Waals surface area contributed by atoms with Crippen LogP contribution in [0.15, 0.2) is 60.8 Å². The van der Waals surface area contributed by atoms with Crippen molar-refractivity contribution in [2.24, 2.45) is 0 Å². The highest BCUT2D eigenvalue weighted by molar-refractivity contribution is 7.45. The Balaban J connectivity index is 3.96. The number of nitrogens with zero attached hydrogens (tertiary/aromatic N) is 1. The summed E-state index contributed by atoms with van der Waals surface area (Å²) in [5.41, 5.74) is 0. The molecule has 0 bridgehead atoms. The molecule has 0 saturated heterocycles. The fourth-order valence-corrected chi connectivity index (χ4v) is 10.6. The highest BCUT2D eigenvalue weighted by Crippen LogP contribution is 2.38. The summed E-state index contributed by atoms with van der Waals surface area (Å²) in [6.07, 6.45) is 80.2. The second kappa shape index (κ2) is 61.3.